The normalized spacial score (nSPS) is 16.3. The van der Waals surface area contributed by atoms with Crippen LogP contribution in [-0.2, 0) is 14.3 Å². The molecule has 2 aromatic rings. The van der Waals surface area contributed by atoms with Gasteiger partial charge in [0.25, 0.3) is 5.91 Å². The van der Waals surface area contributed by atoms with Crippen LogP contribution in [-0.4, -0.2) is 52.7 Å². The molecule has 1 saturated heterocycles. The molecule has 0 saturated carbocycles. The van der Waals surface area contributed by atoms with Gasteiger partial charge in [-0.25, -0.2) is 4.79 Å². The van der Waals surface area contributed by atoms with E-state index in [2.05, 4.69) is 15.5 Å². The summed E-state index contributed by atoms with van der Waals surface area (Å²) in [5.41, 5.74) is 3.46. The molecule has 0 aliphatic carbocycles. The van der Waals surface area contributed by atoms with Gasteiger partial charge in [-0.15, -0.1) is 5.10 Å². The second-order valence-electron chi connectivity index (χ2n) is 6.73. The average Bonchev–Trinajstić information content (AvgIpc) is 3.27. The van der Waals surface area contributed by atoms with Crippen molar-refractivity contribution >= 4 is 11.9 Å². The largest absolute Gasteiger partial charge is 0.451 e. The number of carbonyl (C=O) groups excluding carboxylic acids is 2. The van der Waals surface area contributed by atoms with Crippen LogP contribution in [0.2, 0.25) is 0 Å². The Labute approximate surface area is 157 Å². The van der Waals surface area contributed by atoms with Gasteiger partial charge in [-0.2, -0.15) is 9.90 Å². The molecule has 8 nitrogen and oxygen atoms in total. The summed E-state index contributed by atoms with van der Waals surface area (Å²) in [6.07, 6.45) is 1.98. The number of nitrogens with one attached hydrogen (secondary N) is 1. The van der Waals surface area contributed by atoms with Crippen molar-refractivity contribution in [2.45, 2.75) is 39.7 Å². The molecule has 0 radical (unpaired) electrons. The quantitative estimate of drug-likeness (QED) is 0.775. The third kappa shape index (κ3) is 4.71. The summed E-state index contributed by atoms with van der Waals surface area (Å²) >= 11 is 0. The second-order valence-corrected chi connectivity index (χ2v) is 6.73. The molecule has 2 heterocycles. The number of nitrogens with zero attached hydrogens (tertiary/aromatic N) is 3. The van der Waals surface area contributed by atoms with Gasteiger partial charge >= 0.3 is 5.97 Å². The number of carbonyl (C=O) groups is 2. The Morgan fingerprint density at radius 2 is 2.11 bits per heavy atom. The van der Waals surface area contributed by atoms with Gasteiger partial charge in [0.15, 0.2) is 12.3 Å². The third-order valence-corrected chi connectivity index (χ3v) is 4.43. The minimum atomic E-state index is -0.671. The summed E-state index contributed by atoms with van der Waals surface area (Å²) < 4.78 is 10.5. The molecule has 144 valence electrons. The van der Waals surface area contributed by atoms with Crippen molar-refractivity contribution in [2.24, 2.45) is 0 Å². The first-order chi connectivity index (χ1) is 12.9. The molecule has 1 atom stereocenters. The molecule has 1 aliphatic rings. The number of amides is 1. The number of ether oxygens (including phenoxy) is 2. The lowest BCUT2D eigenvalue weighted by Gasteiger charge is -2.10. The van der Waals surface area contributed by atoms with E-state index in [1.54, 1.807) is 6.92 Å². The molecule has 8 heteroatoms. The Kier molecular flexibility index (Phi) is 5.85. The zero-order valence-electron chi connectivity index (χ0n) is 15.8. The van der Waals surface area contributed by atoms with Gasteiger partial charge in [0.05, 0.1) is 17.5 Å². The highest BCUT2D eigenvalue weighted by molar-refractivity contribution is 5.90. The number of hydrogen-bond donors (Lipinski definition) is 1. The van der Waals surface area contributed by atoms with E-state index in [0.29, 0.717) is 12.2 Å². The maximum atomic E-state index is 12.3. The molecule has 3 rings (SSSR count). The van der Waals surface area contributed by atoms with Crippen LogP contribution >= 0.6 is 0 Å². The fourth-order valence-corrected chi connectivity index (χ4v) is 2.99. The number of esters is 1. The smallest absolute Gasteiger partial charge is 0.361 e. The molecule has 0 spiro atoms. The van der Waals surface area contributed by atoms with Crippen LogP contribution in [0.4, 0.5) is 0 Å². The second kappa shape index (κ2) is 8.30. The van der Waals surface area contributed by atoms with Crippen molar-refractivity contribution in [3.05, 3.63) is 40.7 Å². The summed E-state index contributed by atoms with van der Waals surface area (Å²) in [5, 5.41) is 11.2. The van der Waals surface area contributed by atoms with Crippen molar-refractivity contribution in [1.29, 1.82) is 0 Å². The zero-order valence-corrected chi connectivity index (χ0v) is 15.8. The standard InChI is InChI=1S/C19H24N4O4/c1-12-6-7-16(13(2)9-12)23-21-14(3)18(22-23)19(25)27-11-17(24)20-10-15-5-4-8-26-15/h6-7,9,15H,4-5,8,10-11H2,1-3H3,(H,20,24)/t15-/m1/s1. The van der Waals surface area contributed by atoms with Gasteiger partial charge in [-0.05, 0) is 45.2 Å². The number of benzene rings is 1. The summed E-state index contributed by atoms with van der Waals surface area (Å²) in [7, 11) is 0. The zero-order chi connectivity index (χ0) is 19.4. The van der Waals surface area contributed by atoms with Gasteiger partial charge in [-0.1, -0.05) is 17.7 Å². The predicted octanol–water partition coefficient (Wildman–Crippen LogP) is 1.64. The molecule has 1 N–H and O–H groups in total. The van der Waals surface area contributed by atoms with Crippen molar-refractivity contribution in [3.8, 4) is 5.69 Å². The van der Waals surface area contributed by atoms with Gasteiger partial charge in [-0.3, -0.25) is 4.79 Å². The van der Waals surface area contributed by atoms with Crippen LogP contribution in [0.5, 0.6) is 0 Å². The first kappa shape index (κ1) is 19.0. The highest BCUT2D eigenvalue weighted by Gasteiger charge is 2.20. The van der Waals surface area contributed by atoms with Crippen LogP contribution in [0.1, 0.15) is 40.2 Å². The Morgan fingerprint density at radius 1 is 1.30 bits per heavy atom. The molecule has 1 aromatic carbocycles. The Balaban J connectivity index is 1.58. The molecule has 1 aliphatic heterocycles. The summed E-state index contributed by atoms with van der Waals surface area (Å²) in [6.45, 7) is 6.44. The molecule has 1 aromatic heterocycles. The third-order valence-electron chi connectivity index (χ3n) is 4.43. The maximum Gasteiger partial charge on any atom is 0.361 e. The van der Waals surface area contributed by atoms with Crippen LogP contribution in [0, 0.1) is 20.8 Å². The SMILES string of the molecule is Cc1ccc(-n2nc(C)c(C(=O)OCC(=O)NC[C@H]3CCCO3)n2)c(C)c1. The van der Waals surface area contributed by atoms with E-state index in [1.165, 1.54) is 4.80 Å². The summed E-state index contributed by atoms with van der Waals surface area (Å²) in [6, 6.07) is 5.87. The van der Waals surface area contributed by atoms with E-state index in [0.717, 1.165) is 36.3 Å². The monoisotopic (exact) mass is 372 g/mol. The summed E-state index contributed by atoms with van der Waals surface area (Å²) in [5.74, 6) is -1.03. The van der Waals surface area contributed by atoms with E-state index in [4.69, 9.17) is 9.47 Å². The van der Waals surface area contributed by atoms with Gasteiger partial charge in [0.1, 0.15) is 0 Å². The first-order valence-electron chi connectivity index (χ1n) is 9.01. The highest BCUT2D eigenvalue weighted by Crippen LogP contribution is 2.15. The molecule has 1 amide bonds. The topological polar surface area (TPSA) is 95.3 Å². The Hall–Kier alpha value is -2.74. The molecular weight excluding hydrogens is 348 g/mol. The van der Waals surface area contributed by atoms with Crippen molar-refractivity contribution < 1.29 is 19.1 Å². The van der Waals surface area contributed by atoms with Crippen LogP contribution in [0.3, 0.4) is 0 Å². The van der Waals surface area contributed by atoms with E-state index < -0.39 is 5.97 Å². The van der Waals surface area contributed by atoms with Crippen LogP contribution < -0.4 is 5.32 Å². The fraction of sp³-hybridized carbons (Fsp3) is 0.474. The van der Waals surface area contributed by atoms with Gasteiger partial charge in [0, 0.05) is 13.2 Å². The Bertz CT molecular complexity index is 840. The van der Waals surface area contributed by atoms with E-state index >= 15 is 0 Å². The lowest BCUT2D eigenvalue weighted by molar-refractivity contribution is -0.124. The number of aryl methyl sites for hydroxylation is 3. The Morgan fingerprint density at radius 3 is 2.81 bits per heavy atom. The molecule has 1 fully saturated rings. The van der Waals surface area contributed by atoms with Crippen molar-refractivity contribution in [1.82, 2.24) is 20.3 Å². The lowest BCUT2D eigenvalue weighted by atomic mass is 10.1. The van der Waals surface area contributed by atoms with Gasteiger partial charge in [0.2, 0.25) is 0 Å². The summed E-state index contributed by atoms with van der Waals surface area (Å²) in [4.78, 5) is 25.5. The molecule has 0 unspecified atom stereocenters. The van der Waals surface area contributed by atoms with Crippen LogP contribution in [0.25, 0.3) is 5.69 Å². The molecular formula is C19H24N4O4. The van der Waals surface area contributed by atoms with Gasteiger partial charge < -0.3 is 14.8 Å². The fourth-order valence-electron chi connectivity index (χ4n) is 2.99. The number of hydrogen-bond acceptors (Lipinski definition) is 6. The predicted molar refractivity (Wildman–Crippen MR) is 97.8 cm³/mol. The molecule has 0 bridgehead atoms. The number of rotatable bonds is 6. The lowest BCUT2D eigenvalue weighted by Crippen LogP contribution is -2.34. The minimum absolute atomic E-state index is 0.0459. The minimum Gasteiger partial charge on any atom is -0.451 e. The first-order valence-corrected chi connectivity index (χ1v) is 9.01. The molecule has 27 heavy (non-hydrogen) atoms. The van der Waals surface area contributed by atoms with E-state index in [-0.39, 0.29) is 24.3 Å². The highest BCUT2D eigenvalue weighted by atomic mass is 16.5. The number of aromatic nitrogens is 3. The van der Waals surface area contributed by atoms with Crippen molar-refractivity contribution in [2.75, 3.05) is 19.8 Å². The van der Waals surface area contributed by atoms with E-state index in [1.807, 2.05) is 32.0 Å². The van der Waals surface area contributed by atoms with E-state index in [9.17, 15) is 9.59 Å². The maximum absolute atomic E-state index is 12.3. The van der Waals surface area contributed by atoms with Crippen LogP contribution in [0.15, 0.2) is 18.2 Å². The average molecular weight is 372 g/mol. The van der Waals surface area contributed by atoms with Crippen molar-refractivity contribution in [3.63, 3.8) is 0 Å².